The van der Waals surface area contributed by atoms with Crippen LogP contribution in [-0.4, -0.2) is 46.0 Å². The van der Waals surface area contributed by atoms with Crippen molar-refractivity contribution in [2.75, 3.05) is 28.4 Å². The molecule has 0 saturated carbocycles. The summed E-state index contributed by atoms with van der Waals surface area (Å²) in [6, 6.07) is 6.03. The van der Waals surface area contributed by atoms with E-state index in [-0.39, 0.29) is 33.9 Å². The van der Waals surface area contributed by atoms with Crippen molar-refractivity contribution in [1.29, 1.82) is 0 Å². The second kappa shape index (κ2) is 8.28. The number of rotatable bonds is 6. The lowest BCUT2D eigenvalue weighted by Gasteiger charge is -2.20. The quantitative estimate of drug-likeness (QED) is 0.668. The van der Waals surface area contributed by atoms with E-state index in [1.54, 1.807) is 13.0 Å². The van der Waals surface area contributed by atoms with Gasteiger partial charge in [-0.2, -0.15) is 0 Å². The molecule has 30 heavy (non-hydrogen) atoms. The molecule has 156 valence electrons. The summed E-state index contributed by atoms with van der Waals surface area (Å²) < 4.78 is 26.2. The van der Waals surface area contributed by atoms with Crippen LogP contribution in [0.3, 0.4) is 0 Å². The van der Waals surface area contributed by atoms with E-state index in [1.807, 2.05) is 0 Å². The molecule has 0 aromatic heterocycles. The molecule has 1 aliphatic rings. The second-order valence-electron chi connectivity index (χ2n) is 6.37. The second-order valence-corrected chi connectivity index (χ2v) is 6.37. The highest BCUT2D eigenvalue weighted by molar-refractivity contribution is 6.25. The Hall–Kier alpha value is -3.81. The van der Waals surface area contributed by atoms with Gasteiger partial charge in [-0.05, 0) is 24.6 Å². The van der Waals surface area contributed by atoms with E-state index in [1.165, 1.54) is 46.6 Å². The first kappa shape index (κ1) is 20.9. The predicted molar refractivity (Wildman–Crippen MR) is 106 cm³/mol. The van der Waals surface area contributed by atoms with Gasteiger partial charge < -0.3 is 23.7 Å². The molecule has 2 aromatic rings. The number of fused-ring (bicyclic) bond motifs is 1. The summed E-state index contributed by atoms with van der Waals surface area (Å²) >= 11 is 0. The first-order valence-electron chi connectivity index (χ1n) is 8.86. The number of esters is 1. The van der Waals surface area contributed by atoms with Crippen molar-refractivity contribution in [1.82, 2.24) is 0 Å². The molecular weight excluding hydrogens is 392 g/mol. The van der Waals surface area contributed by atoms with Crippen molar-refractivity contribution in [2.24, 2.45) is 0 Å². The van der Waals surface area contributed by atoms with Crippen LogP contribution in [0, 0.1) is 6.92 Å². The summed E-state index contributed by atoms with van der Waals surface area (Å²) in [7, 11) is 5.52. The first-order valence-corrected chi connectivity index (χ1v) is 8.86. The molecule has 0 bridgehead atoms. The molecule has 2 aromatic carbocycles. The molecule has 3 rings (SSSR count). The van der Waals surface area contributed by atoms with E-state index in [4.69, 9.17) is 23.7 Å². The molecule has 0 unspecified atom stereocenters. The van der Waals surface area contributed by atoms with Gasteiger partial charge in [-0.1, -0.05) is 0 Å². The largest absolute Gasteiger partial charge is 0.497 e. The van der Waals surface area contributed by atoms with Gasteiger partial charge in [0.15, 0.2) is 11.5 Å². The highest BCUT2D eigenvalue weighted by Gasteiger charge is 2.32. The van der Waals surface area contributed by atoms with E-state index in [0.29, 0.717) is 17.1 Å². The molecule has 0 fully saturated rings. The number of hydrogen-bond acceptors (Lipinski definition) is 8. The molecule has 0 spiro atoms. The van der Waals surface area contributed by atoms with E-state index in [0.717, 1.165) is 6.08 Å². The monoisotopic (exact) mass is 412 g/mol. The number of ketones is 2. The molecule has 0 amide bonds. The molecule has 0 aliphatic heterocycles. The van der Waals surface area contributed by atoms with E-state index < -0.39 is 17.5 Å². The standard InChI is InChI=1S/C22H20O8/c1-11-6-12(26-2)9-17(19(11)22(25)29-5)30-18-10-15(23)20-14(21(18)24)7-13(27-3)8-16(20)28-4/h6-10H,1-5H3. The first-order chi connectivity index (χ1) is 14.3. The van der Waals surface area contributed by atoms with Crippen LogP contribution in [0.15, 0.2) is 36.1 Å². The highest BCUT2D eigenvalue weighted by atomic mass is 16.5. The Labute approximate surface area is 172 Å². The summed E-state index contributed by atoms with van der Waals surface area (Å²) in [5, 5.41) is 0. The predicted octanol–water partition coefficient (Wildman–Crippen LogP) is 3.15. The van der Waals surface area contributed by atoms with Gasteiger partial charge >= 0.3 is 5.97 Å². The summed E-state index contributed by atoms with van der Waals surface area (Å²) in [4.78, 5) is 38.1. The molecular formula is C22H20O8. The third kappa shape index (κ3) is 3.59. The van der Waals surface area contributed by atoms with E-state index in [2.05, 4.69) is 0 Å². The maximum absolute atomic E-state index is 13.1. The van der Waals surface area contributed by atoms with Crippen molar-refractivity contribution < 1.29 is 38.1 Å². The molecule has 1 aliphatic carbocycles. The van der Waals surface area contributed by atoms with Crippen LogP contribution >= 0.6 is 0 Å². The molecule has 0 N–H and O–H groups in total. The van der Waals surface area contributed by atoms with Crippen LogP contribution in [-0.2, 0) is 4.74 Å². The Morgan fingerprint density at radius 1 is 0.833 bits per heavy atom. The summed E-state index contributed by atoms with van der Waals surface area (Å²) in [6.07, 6.45) is 1.07. The number of carbonyl (C=O) groups is 3. The smallest absolute Gasteiger partial charge is 0.341 e. The number of Topliss-reactive ketones (excluding diaryl/α,β-unsaturated/α-hetero) is 1. The Bertz CT molecular complexity index is 1080. The number of aryl methyl sites for hydroxylation is 1. The zero-order valence-corrected chi connectivity index (χ0v) is 17.2. The van der Waals surface area contributed by atoms with Crippen LogP contribution in [0.5, 0.6) is 23.0 Å². The normalized spacial score (nSPS) is 12.6. The lowest BCUT2D eigenvalue weighted by molar-refractivity contribution is 0.0595. The zero-order valence-electron chi connectivity index (χ0n) is 17.2. The molecule has 0 saturated heterocycles. The van der Waals surface area contributed by atoms with Gasteiger partial charge in [-0.25, -0.2) is 4.79 Å². The average Bonchev–Trinajstić information content (AvgIpc) is 2.75. The van der Waals surface area contributed by atoms with E-state index >= 15 is 0 Å². The highest BCUT2D eigenvalue weighted by Crippen LogP contribution is 2.36. The summed E-state index contributed by atoms with van der Waals surface area (Å²) in [5.74, 6) is -0.925. The van der Waals surface area contributed by atoms with Gasteiger partial charge in [0.05, 0.1) is 34.0 Å². The number of hydrogen-bond donors (Lipinski definition) is 0. The number of methoxy groups -OCH3 is 4. The van der Waals surface area contributed by atoms with E-state index in [9.17, 15) is 14.4 Å². The van der Waals surface area contributed by atoms with Crippen molar-refractivity contribution in [3.63, 3.8) is 0 Å². The zero-order chi connectivity index (χ0) is 22.0. The SMILES string of the molecule is COC(=O)c1c(C)cc(OC)cc1OC1=CC(=O)c2c(OC)cc(OC)cc2C1=O. The fraction of sp³-hybridized carbons (Fsp3) is 0.227. The number of benzene rings is 2. The Balaban J connectivity index is 2.11. The Morgan fingerprint density at radius 3 is 2.07 bits per heavy atom. The number of carbonyl (C=O) groups excluding carboxylic acids is 3. The maximum atomic E-state index is 13.1. The molecule has 0 atom stereocenters. The van der Waals surface area contributed by atoms with Crippen molar-refractivity contribution in [3.8, 4) is 23.0 Å². The third-order valence-electron chi connectivity index (χ3n) is 4.63. The molecule has 8 heteroatoms. The van der Waals surface area contributed by atoms with Crippen molar-refractivity contribution in [3.05, 3.63) is 58.4 Å². The molecule has 0 radical (unpaired) electrons. The fourth-order valence-corrected chi connectivity index (χ4v) is 3.17. The topological polar surface area (TPSA) is 97.4 Å². The van der Waals surface area contributed by atoms with Gasteiger partial charge in [0, 0.05) is 23.8 Å². The van der Waals surface area contributed by atoms with Gasteiger partial charge in [0.2, 0.25) is 5.78 Å². The van der Waals surface area contributed by atoms with Gasteiger partial charge in [-0.3, -0.25) is 9.59 Å². The van der Waals surface area contributed by atoms with Crippen LogP contribution in [0.4, 0.5) is 0 Å². The minimum absolute atomic E-state index is 0.0319. The van der Waals surface area contributed by atoms with Crippen LogP contribution in [0.2, 0.25) is 0 Å². The van der Waals surface area contributed by atoms with Crippen molar-refractivity contribution in [2.45, 2.75) is 6.92 Å². The Morgan fingerprint density at radius 2 is 1.47 bits per heavy atom. The maximum Gasteiger partial charge on any atom is 0.341 e. The summed E-state index contributed by atoms with van der Waals surface area (Å²) in [6.45, 7) is 1.68. The fourth-order valence-electron chi connectivity index (χ4n) is 3.17. The van der Waals surface area contributed by atoms with Gasteiger partial charge in [0.25, 0.3) is 0 Å². The number of ether oxygens (including phenoxy) is 5. The number of allylic oxidation sites excluding steroid dienone is 2. The molecule has 0 heterocycles. The Kier molecular flexibility index (Phi) is 5.77. The third-order valence-corrected chi connectivity index (χ3v) is 4.63. The minimum Gasteiger partial charge on any atom is -0.497 e. The lowest BCUT2D eigenvalue weighted by atomic mass is 9.92. The minimum atomic E-state index is -0.649. The van der Waals surface area contributed by atoms with Crippen LogP contribution in [0.1, 0.15) is 36.6 Å². The van der Waals surface area contributed by atoms with Gasteiger partial charge in [-0.15, -0.1) is 0 Å². The van der Waals surface area contributed by atoms with Crippen molar-refractivity contribution >= 4 is 17.5 Å². The lowest BCUT2D eigenvalue weighted by Crippen LogP contribution is -2.22. The van der Waals surface area contributed by atoms with Crippen LogP contribution < -0.4 is 18.9 Å². The molecule has 8 nitrogen and oxygen atoms in total. The van der Waals surface area contributed by atoms with Crippen LogP contribution in [0.25, 0.3) is 0 Å². The average molecular weight is 412 g/mol. The van der Waals surface area contributed by atoms with Gasteiger partial charge in [0.1, 0.15) is 28.6 Å². The summed E-state index contributed by atoms with van der Waals surface area (Å²) in [5.41, 5.74) is 0.835.